The second-order valence-corrected chi connectivity index (χ2v) is 7.12. The van der Waals surface area contributed by atoms with Crippen molar-refractivity contribution in [2.75, 3.05) is 13.7 Å². The quantitative estimate of drug-likeness (QED) is 0.626. The van der Waals surface area contributed by atoms with Crippen molar-refractivity contribution < 1.29 is 24.2 Å². The Morgan fingerprint density at radius 2 is 2.09 bits per heavy atom. The van der Waals surface area contributed by atoms with E-state index in [1.165, 1.54) is 0 Å². The summed E-state index contributed by atoms with van der Waals surface area (Å²) >= 11 is 0. The number of ketones is 1. The fourth-order valence-corrected chi connectivity index (χ4v) is 4.98. The third-order valence-corrected chi connectivity index (χ3v) is 6.17. The molecule has 1 N–H and O–H groups in total. The molecular weight excluding hydrogens is 296 g/mol. The van der Waals surface area contributed by atoms with Crippen molar-refractivity contribution in [2.45, 2.75) is 37.2 Å². The molecule has 2 fully saturated rings. The van der Waals surface area contributed by atoms with Crippen LogP contribution in [-0.4, -0.2) is 36.2 Å². The van der Waals surface area contributed by atoms with Gasteiger partial charge in [-0.25, -0.2) is 4.79 Å². The maximum absolute atomic E-state index is 12.7. The molecule has 2 aliphatic carbocycles. The number of ether oxygens (including phenoxy) is 2. The van der Waals surface area contributed by atoms with Gasteiger partial charge < -0.3 is 14.6 Å². The second-order valence-electron chi connectivity index (χ2n) is 7.12. The summed E-state index contributed by atoms with van der Waals surface area (Å²) in [5.41, 5.74) is -0.106. The van der Waals surface area contributed by atoms with Gasteiger partial charge in [-0.05, 0) is 36.0 Å². The fraction of sp³-hybridized carbons (Fsp3) is 0.556. The Kier molecular flexibility index (Phi) is 2.92. The third kappa shape index (κ3) is 1.66. The molecule has 0 amide bonds. The van der Waals surface area contributed by atoms with Crippen molar-refractivity contribution in [1.29, 1.82) is 0 Å². The molecular formula is C18H20O5. The molecule has 5 heteroatoms. The summed E-state index contributed by atoms with van der Waals surface area (Å²) in [5, 5.41) is 10.7. The van der Waals surface area contributed by atoms with E-state index in [0.29, 0.717) is 0 Å². The molecule has 122 valence electrons. The van der Waals surface area contributed by atoms with Crippen molar-refractivity contribution in [3.63, 3.8) is 0 Å². The highest BCUT2D eigenvalue weighted by atomic mass is 16.6. The van der Waals surface area contributed by atoms with Gasteiger partial charge in [-0.1, -0.05) is 19.1 Å². The lowest BCUT2D eigenvalue weighted by Gasteiger charge is -2.51. The van der Waals surface area contributed by atoms with Crippen LogP contribution in [0.15, 0.2) is 18.2 Å². The molecule has 23 heavy (non-hydrogen) atoms. The highest BCUT2D eigenvalue weighted by Crippen LogP contribution is 2.56. The van der Waals surface area contributed by atoms with Crippen LogP contribution in [0.3, 0.4) is 0 Å². The predicted octanol–water partition coefficient (Wildman–Crippen LogP) is 1.39. The standard InChI is InChI=1S/C18H20O5/c1-17-8-15(19)18(21)13(9-23-16(18)20)12(17)7-6-10-11(17)4-3-5-14(10)22-2/h3-5,12-13,21H,6-9H2,1-2H3/t12-,13+,17+,18-/m0/s1. The summed E-state index contributed by atoms with van der Waals surface area (Å²) in [6.45, 7) is 2.19. The first kappa shape index (κ1) is 14.7. The highest BCUT2D eigenvalue weighted by Gasteiger charge is 2.67. The average molecular weight is 316 g/mol. The van der Waals surface area contributed by atoms with Crippen LogP contribution in [0.4, 0.5) is 0 Å². The van der Waals surface area contributed by atoms with Crippen molar-refractivity contribution in [2.24, 2.45) is 11.8 Å². The zero-order valence-corrected chi connectivity index (χ0v) is 13.3. The van der Waals surface area contributed by atoms with E-state index >= 15 is 0 Å². The van der Waals surface area contributed by atoms with Crippen molar-refractivity contribution in [3.05, 3.63) is 29.3 Å². The topological polar surface area (TPSA) is 72.8 Å². The zero-order valence-electron chi connectivity index (χ0n) is 13.3. The first-order valence-electron chi connectivity index (χ1n) is 8.02. The van der Waals surface area contributed by atoms with E-state index in [4.69, 9.17) is 9.47 Å². The molecule has 0 radical (unpaired) electrons. The number of esters is 1. The number of hydrogen-bond acceptors (Lipinski definition) is 5. The van der Waals surface area contributed by atoms with Gasteiger partial charge in [-0.3, -0.25) is 4.79 Å². The van der Waals surface area contributed by atoms with Gasteiger partial charge in [0.05, 0.1) is 13.7 Å². The summed E-state index contributed by atoms with van der Waals surface area (Å²) < 4.78 is 10.5. The van der Waals surface area contributed by atoms with Gasteiger partial charge in [0.1, 0.15) is 5.75 Å². The monoisotopic (exact) mass is 316 g/mol. The molecule has 0 unspecified atom stereocenters. The first-order valence-corrected chi connectivity index (χ1v) is 8.02. The van der Waals surface area contributed by atoms with Crippen LogP contribution in [0.5, 0.6) is 5.75 Å². The number of cyclic esters (lactones) is 1. The second kappa shape index (κ2) is 4.57. The summed E-state index contributed by atoms with van der Waals surface area (Å²) in [5.74, 6) is -0.767. The SMILES string of the molecule is COc1cccc2c1CC[C@H]1[C@H]3COC(=O)[C@@]3(O)C(=O)C[C@]21C. The molecule has 0 spiro atoms. The number of benzene rings is 1. The fourth-order valence-electron chi connectivity index (χ4n) is 4.98. The van der Waals surface area contributed by atoms with E-state index in [1.807, 2.05) is 18.2 Å². The molecule has 1 aromatic rings. The lowest BCUT2D eigenvalue weighted by atomic mass is 9.51. The Morgan fingerprint density at radius 3 is 2.83 bits per heavy atom. The number of aliphatic hydroxyl groups is 1. The molecule has 1 saturated carbocycles. The van der Waals surface area contributed by atoms with E-state index < -0.39 is 28.7 Å². The minimum absolute atomic E-state index is 0.0382. The Balaban J connectivity index is 1.86. The molecule has 0 aromatic heterocycles. The van der Waals surface area contributed by atoms with Gasteiger partial charge in [0.2, 0.25) is 5.60 Å². The van der Waals surface area contributed by atoms with E-state index in [2.05, 4.69) is 6.92 Å². The Labute approximate surface area is 134 Å². The largest absolute Gasteiger partial charge is 0.496 e. The first-order chi connectivity index (χ1) is 10.9. The average Bonchev–Trinajstić information content (AvgIpc) is 2.84. The van der Waals surface area contributed by atoms with Crippen LogP contribution in [0, 0.1) is 11.8 Å². The van der Waals surface area contributed by atoms with Crippen LogP contribution in [-0.2, 0) is 26.2 Å². The van der Waals surface area contributed by atoms with E-state index in [0.717, 1.165) is 29.7 Å². The Hall–Kier alpha value is -1.88. The van der Waals surface area contributed by atoms with Gasteiger partial charge >= 0.3 is 5.97 Å². The molecule has 5 nitrogen and oxygen atoms in total. The molecule has 4 atom stereocenters. The predicted molar refractivity (Wildman–Crippen MR) is 81.2 cm³/mol. The smallest absolute Gasteiger partial charge is 0.346 e. The molecule has 1 aromatic carbocycles. The summed E-state index contributed by atoms with van der Waals surface area (Å²) in [6, 6.07) is 5.91. The van der Waals surface area contributed by atoms with Crippen LogP contribution in [0.2, 0.25) is 0 Å². The number of methoxy groups -OCH3 is 1. The van der Waals surface area contributed by atoms with Gasteiger partial charge in [-0.2, -0.15) is 0 Å². The third-order valence-electron chi connectivity index (χ3n) is 6.17. The number of carbonyl (C=O) groups is 2. The molecule has 3 aliphatic rings. The molecule has 1 aliphatic heterocycles. The van der Waals surface area contributed by atoms with Crippen molar-refractivity contribution in [3.8, 4) is 5.75 Å². The maximum atomic E-state index is 12.7. The van der Waals surface area contributed by atoms with Crippen LogP contribution < -0.4 is 4.74 Å². The molecule has 4 rings (SSSR count). The normalized spacial score (nSPS) is 38.4. The lowest BCUT2D eigenvalue weighted by molar-refractivity contribution is -0.168. The zero-order chi connectivity index (χ0) is 16.4. The summed E-state index contributed by atoms with van der Waals surface area (Å²) in [6.07, 6.45) is 1.77. The number of rotatable bonds is 1. The van der Waals surface area contributed by atoms with Crippen LogP contribution >= 0.6 is 0 Å². The van der Waals surface area contributed by atoms with Crippen LogP contribution in [0.25, 0.3) is 0 Å². The molecule has 1 heterocycles. The van der Waals surface area contributed by atoms with Crippen molar-refractivity contribution in [1.82, 2.24) is 0 Å². The van der Waals surface area contributed by atoms with Crippen molar-refractivity contribution >= 4 is 11.8 Å². The number of fused-ring (bicyclic) bond motifs is 5. The molecule has 0 bridgehead atoms. The summed E-state index contributed by atoms with van der Waals surface area (Å²) in [7, 11) is 1.65. The minimum Gasteiger partial charge on any atom is -0.496 e. The molecule has 1 saturated heterocycles. The number of Topliss-reactive ketones (excluding diaryl/α,β-unsaturated/α-hetero) is 1. The Bertz CT molecular complexity index is 711. The summed E-state index contributed by atoms with van der Waals surface area (Å²) in [4.78, 5) is 24.6. The van der Waals surface area contributed by atoms with E-state index in [1.54, 1.807) is 7.11 Å². The van der Waals surface area contributed by atoms with Crippen LogP contribution in [0.1, 0.15) is 30.9 Å². The highest BCUT2D eigenvalue weighted by molar-refractivity contribution is 6.09. The maximum Gasteiger partial charge on any atom is 0.346 e. The van der Waals surface area contributed by atoms with Gasteiger partial charge in [0.15, 0.2) is 5.78 Å². The lowest BCUT2D eigenvalue weighted by Crippen LogP contribution is -2.61. The van der Waals surface area contributed by atoms with E-state index in [9.17, 15) is 14.7 Å². The van der Waals surface area contributed by atoms with Gasteiger partial charge in [0, 0.05) is 17.8 Å². The Morgan fingerprint density at radius 1 is 1.30 bits per heavy atom. The number of hydrogen-bond donors (Lipinski definition) is 1. The minimum atomic E-state index is -1.94. The number of carbonyl (C=O) groups excluding carboxylic acids is 2. The van der Waals surface area contributed by atoms with E-state index in [-0.39, 0.29) is 18.9 Å². The van der Waals surface area contributed by atoms with Gasteiger partial charge in [-0.15, -0.1) is 0 Å². The van der Waals surface area contributed by atoms with Gasteiger partial charge in [0.25, 0.3) is 0 Å².